The largest absolute Gasteiger partial charge is 0.356 e. The van der Waals surface area contributed by atoms with Crippen molar-refractivity contribution in [1.82, 2.24) is 24.4 Å². The lowest BCUT2D eigenvalue weighted by Crippen LogP contribution is -2.36. The third-order valence-electron chi connectivity index (χ3n) is 7.02. The minimum atomic E-state index is 0.0448. The van der Waals surface area contributed by atoms with Gasteiger partial charge < -0.3 is 19.7 Å². The second kappa shape index (κ2) is 8.94. The molecule has 31 heavy (non-hydrogen) atoms. The lowest BCUT2D eigenvalue weighted by molar-refractivity contribution is -0.116. The van der Waals surface area contributed by atoms with Crippen LogP contribution < -0.4 is 10.2 Å². The molecule has 0 radical (unpaired) electrons. The van der Waals surface area contributed by atoms with Gasteiger partial charge in [0.15, 0.2) is 0 Å². The fraction of sp³-hybridized carbons (Fsp3) is 0.652. The third kappa shape index (κ3) is 4.31. The van der Waals surface area contributed by atoms with Crippen molar-refractivity contribution in [2.24, 2.45) is 0 Å². The molecule has 1 N–H and O–H groups in total. The standard InChI is InChI=1S/C23H33N7O/c1-2-18-15-30(14-13-28-9-3-4-10-28)22(26-18)17-7-11-29(12-8-17)23-19-5-6-20(31)27-21(19)24-16-25-23/h15-17H,2-14H2,1H3,(H,24,25,27,31). The van der Waals surface area contributed by atoms with Crippen molar-refractivity contribution < 1.29 is 4.79 Å². The number of aromatic nitrogens is 4. The second-order valence-corrected chi connectivity index (χ2v) is 9.02. The number of piperidine rings is 1. The van der Waals surface area contributed by atoms with Gasteiger partial charge in [0.1, 0.15) is 23.8 Å². The molecular formula is C23H33N7O. The zero-order valence-electron chi connectivity index (χ0n) is 18.5. The van der Waals surface area contributed by atoms with Crippen molar-refractivity contribution in [3.8, 4) is 0 Å². The lowest BCUT2D eigenvalue weighted by Gasteiger charge is -2.34. The normalized spacial score (nSPS) is 20.2. The number of imidazole rings is 1. The Bertz CT molecular complexity index is 926. The number of carbonyl (C=O) groups is 1. The molecule has 166 valence electrons. The van der Waals surface area contributed by atoms with Gasteiger partial charge in [-0.25, -0.2) is 15.0 Å². The molecular weight excluding hydrogens is 390 g/mol. The molecule has 8 nitrogen and oxygen atoms in total. The van der Waals surface area contributed by atoms with Crippen LogP contribution in [0.5, 0.6) is 0 Å². The zero-order chi connectivity index (χ0) is 21.2. The van der Waals surface area contributed by atoms with Crippen LogP contribution in [0.2, 0.25) is 0 Å². The number of aryl methyl sites for hydroxylation is 1. The first-order valence-corrected chi connectivity index (χ1v) is 11.9. The Labute approximate surface area is 184 Å². The topological polar surface area (TPSA) is 79.2 Å². The van der Waals surface area contributed by atoms with Gasteiger partial charge in [-0.1, -0.05) is 6.92 Å². The molecule has 2 aromatic heterocycles. The van der Waals surface area contributed by atoms with E-state index in [1.165, 1.54) is 37.4 Å². The maximum Gasteiger partial charge on any atom is 0.225 e. The number of fused-ring (bicyclic) bond motifs is 1. The summed E-state index contributed by atoms with van der Waals surface area (Å²) in [4.78, 5) is 30.5. The molecule has 8 heteroatoms. The van der Waals surface area contributed by atoms with Gasteiger partial charge in [0.25, 0.3) is 0 Å². The van der Waals surface area contributed by atoms with E-state index in [1.54, 1.807) is 6.33 Å². The smallest absolute Gasteiger partial charge is 0.225 e. The number of rotatable bonds is 6. The average Bonchev–Trinajstić information content (AvgIpc) is 3.47. The SMILES string of the molecule is CCc1cn(CCN2CCCC2)c(C2CCN(c3ncnc4c3CCC(=O)N4)CC2)n1. The van der Waals surface area contributed by atoms with Gasteiger partial charge in [0, 0.05) is 50.3 Å². The van der Waals surface area contributed by atoms with Gasteiger partial charge >= 0.3 is 0 Å². The lowest BCUT2D eigenvalue weighted by atomic mass is 9.95. The number of nitrogens with zero attached hydrogens (tertiary/aromatic N) is 6. The van der Waals surface area contributed by atoms with E-state index in [1.807, 2.05) is 0 Å². The maximum absolute atomic E-state index is 11.7. The van der Waals surface area contributed by atoms with Crippen LogP contribution in [0.25, 0.3) is 0 Å². The monoisotopic (exact) mass is 423 g/mol. The summed E-state index contributed by atoms with van der Waals surface area (Å²) in [5.41, 5.74) is 2.29. The van der Waals surface area contributed by atoms with Crippen LogP contribution in [0.15, 0.2) is 12.5 Å². The van der Waals surface area contributed by atoms with Crippen molar-refractivity contribution in [1.29, 1.82) is 0 Å². The molecule has 1 amide bonds. The number of anilines is 2. The first-order chi connectivity index (χ1) is 15.2. The summed E-state index contributed by atoms with van der Waals surface area (Å²) in [6, 6.07) is 0. The van der Waals surface area contributed by atoms with Crippen LogP contribution in [0.1, 0.15) is 62.0 Å². The van der Waals surface area contributed by atoms with Crippen LogP contribution in [0.3, 0.4) is 0 Å². The van der Waals surface area contributed by atoms with Crippen LogP contribution in [0.4, 0.5) is 11.6 Å². The van der Waals surface area contributed by atoms with E-state index >= 15 is 0 Å². The first-order valence-electron chi connectivity index (χ1n) is 11.9. The van der Waals surface area contributed by atoms with Gasteiger partial charge in [0.2, 0.25) is 5.91 Å². The molecule has 0 unspecified atom stereocenters. The second-order valence-electron chi connectivity index (χ2n) is 9.02. The van der Waals surface area contributed by atoms with Gasteiger partial charge in [-0.3, -0.25) is 4.79 Å². The molecule has 0 spiro atoms. The van der Waals surface area contributed by atoms with E-state index < -0.39 is 0 Å². The van der Waals surface area contributed by atoms with Gasteiger partial charge in [-0.05, 0) is 51.6 Å². The highest BCUT2D eigenvalue weighted by molar-refractivity contribution is 5.93. The molecule has 2 saturated heterocycles. The Balaban J connectivity index is 1.27. The third-order valence-corrected chi connectivity index (χ3v) is 7.02. The predicted octanol–water partition coefficient (Wildman–Crippen LogP) is 2.60. The predicted molar refractivity (Wildman–Crippen MR) is 120 cm³/mol. The first kappa shape index (κ1) is 20.4. The average molecular weight is 424 g/mol. The highest BCUT2D eigenvalue weighted by atomic mass is 16.1. The summed E-state index contributed by atoms with van der Waals surface area (Å²) in [6.07, 6.45) is 10.9. The van der Waals surface area contributed by atoms with Crippen molar-refractivity contribution in [2.45, 2.75) is 64.3 Å². The molecule has 0 bridgehead atoms. The molecule has 2 fully saturated rings. The van der Waals surface area contributed by atoms with E-state index in [9.17, 15) is 4.79 Å². The Hall–Kier alpha value is -2.48. The van der Waals surface area contributed by atoms with Crippen molar-refractivity contribution >= 4 is 17.5 Å². The summed E-state index contributed by atoms with van der Waals surface area (Å²) in [5.74, 6) is 3.49. The minimum absolute atomic E-state index is 0.0448. The number of amides is 1. The van der Waals surface area contributed by atoms with Gasteiger partial charge in [0.05, 0.1) is 5.69 Å². The Morgan fingerprint density at radius 2 is 1.87 bits per heavy atom. The summed E-state index contributed by atoms with van der Waals surface area (Å²) in [6.45, 7) is 8.77. The Kier molecular flexibility index (Phi) is 5.89. The van der Waals surface area contributed by atoms with Gasteiger partial charge in [-0.2, -0.15) is 0 Å². The minimum Gasteiger partial charge on any atom is -0.356 e. The van der Waals surface area contributed by atoms with Crippen molar-refractivity contribution in [3.05, 3.63) is 29.6 Å². The number of hydrogen-bond acceptors (Lipinski definition) is 6. The molecule has 3 aliphatic rings. The fourth-order valence-electron chi connectivity index (χ4n) is 5.21. The fourth-order valence-corrected chi connectivity index (χ4v) is 5.21. The number of nitrogens with one attached hydrogen (secondary N) is 1. The molecule has 5 rings (SSSR count). The van der Waals surface area contributed by atoms with E-state index in [0.29, 0.717) is 18.2 Å². The number of likely N-dealkylation sites (tertiary alicyclic amines) is 1. The van der Waals surface area contributed by atoms with E-state index in [4.69, 9.17) is 4.98 Å². The van der Waals surface area contributed by atoms with E-state index in [-0.39, 0.29) is 5.91 Å². The van der Waals surface area contributed by atoms with Crippen LogP contribution in [-0.2, 0) is 24.2 Å². The number of carbonyl (C=O) groups excluding carboxylic acids is 1. The summed E-state index contributed by atoms with van der Waals surface area (Å²) in [7, 11) is 0. The molecule has 0 saturated carbocycles. The molecule has 5 heterocycles. The molecule has 2 aromatic rings. The quantitative estimate of drug-likeness (QED) is 0.769. The molecule has 0 atom stereocenters. The van der Waals surface area contributed by atoms with Gasteiger partial charge in [-0.15, -0.1) is 0 Å². The van der Waals surface area contributed by atoms with Crippen molar-refractivity contribution in [2.75, 3.05) is 42.9 Å². The van der Waals surface area contributed by atoms with Crippen LogP contribution in [-0.4, -0.2) is 63.0 Å². The summed E-state index contributed by atoms with van der Waals surface area (Å²) in [5, 5.41) is 2.89. The summed E-state index contributed by atoms with van der Waals surface area (Å²) < 4.78 is 2.43. The zero-order valence-corrected chi connectivity index (χ0v) is 18.5. The van der Waals surface area contributed by atoms with Crippen LogP contribution in [0, 0.1) is 0 Å². The molecule has 0 aromatic carbocycles. The summed E-state index contributed by atoms with van der Waals surface area (Å²) >= 11 is 0. The molecule has 0 aliphatic carbocycles. The van der Waals surface area contributed by atoms with Crippen molar-refractivity contribution in [3.63, 3.8) is 0 Å². The molecule has 3 aliphatic heterocycles. The highest BCUT2D eigenvalue weighted by Gasteiger charge is 2.29. The Morgan fingerprint density at radius 3 is 2.65 bits per heavy atom. The highest BCUT2D eigenvalue weighted by Crippen LogP contribution is 2.34. The van der Waals surface area contributed by atoms with E-state index in [2.05, 4.69) is 42.8 Å². The Morgan fingerprint density at radius 1 is 1.06 bits per heavy atom. The van der Waals surface area contributed by atoms with Crippen LogP contribution >= 0.6 is 0 Å². The van der Waals surface area contributed by atoms with E-state index in [0.717, 1.165) is 63.2 Å². The number of hydrogen-bond donors (Lipinski definition) is 1. The maximum atomic E-state index is 11.7.